The number of hydrogen-bond donors (Lipinski definition) is 1. The van der Waals surface area contributed by atoms with Gasteiger partial charge in [0.2, 0.25) is 0 Å². The van der Waals surface area contributed by atoms with E-state index in [1.807, 2.05) is 0 Å². The lowest BCUT2D eigenvalue weighted by atomic mass is 10.1. The predicted octanol–water partition coefficient (Wildman–Crippen LogP) is 2.33. The van der Waals surface area contributed by atoms with Crippen LogP contribution < -0.4 is 5.32 Å². The van der Waals surface area contributed by atoms with Gasteiger partial charge in [-0.25, -0.2) is 0 Å². The van der Waals surface area contributed by atoms with Gasteiger partial charge in [-0.05, 0) is 32.6 Å². The van der Waals surface area contributed by atoms with Crippen LogP contribution in [0.2, 0.25) is 0 Å². The van der Waals surface area contributed by atoms with Crippen LogP contribution in [0, 0.1) is 0 Å². The molecular formula is C11H23NO. The molecule has 0 amide bonds. The second kappa shape index (κ2) is 6.39. The normalized spacial score (nSPS) is 25.8. The van der Waals surface area contributed by atoms with E-state index in [4.69, 9.17) is 4.74 Å². The lowest BCUT2D eigenvalue weighted by Crippen LogP contribution is -2.36. The first-order valence-electron chi connectivity index (χ1n) is 5.68. The van der Waals surface area contributed by atoms with Gasteiger partial charge in [-0.1, -0.05) is 13.3 Å². The van der Waals surface area contributed by atoms with Crippen molar-refractivity contribution in [2.75, 3.05) is 13.2 Å². The van der Waals surface area contributed by atoms with Crippen LogP contribution in [-0.4, -0.2) is 25.3 Å². The zero-order valence-corrected chi connectivity index (χ0v) is 9.01. The van der Waals surface area contributed by atoms with Crippen molar-refractivity contribution in [1.82, 2.24) is 5.32 Å². The molecule has 0 saturated carbocycles. The summed E-state index contributed by atoms with van der Waals surface area (Å²) in [5, 5.41) is 3.53. The molecule has 0 aliphatic carbocycles. The number of ether oxygens (including phenoxy) is 1. The van der Waals surface area contributed by atoms with E-state index >= 15 is 0 Å². The quantitative estimate of drug-likeness (QED) is 0.710. The summed E-state index contributed by atoms with van der Waals surface area (Å²) in [6.07, 6.45) is 6.85. The van der Waals surface area contributed by atoms with Crippen molar-refractivity contribution in [2.24, 2.45) is 0 Å². The molecule has 2 nitrogen and oxygen atoms in total. The van der Waals surface area contributed by atoms with Gasteiger partial charge in [-0.3, -0.25) is 0 Å². The highest BCUT2D eigenvalue weighted by atomic mass is 16.5. The maximum Gasteiger partial charge on any atom is 0.0699 e. The summed E-state index contributed by atoms with van der Waals surface area (Å²) in [5.74, 6) is 0. The molecule has 1 fully saturated rings. The van der Waals surface area contributed by atoms with Crippen LogP contribution in [0.15, 0.2) is 0 Å². The Kier molecular flexibility index (Phi) is 5.40. The Hall–Kier alpha value is -0.0800. The van der Waals surface area contributed by atoms with Crippen molar-refractivity contribution in [3.63, 3.8) is 0 Å². The van der Waals surface area contributed by atoms with E-state index in [-0.39, 0.29) is 0 Å². The molecule has 1 heterocycles. The SMILES string of the molecule is CCCC(C)NCC1CCCCO1. The summed E-state index contributed by atoms with van der Waals surface area (Å²) in [5.41, 5.74) is 0. The molecule has 0 aromatic carbocycles. The number of nitrogens with one attached hydrogen (secondary N) is 1. The fourth-order valence-electron chi connectivity index (χ4n) is 1.84. The fourth-order valence-corrected chi connectivity index (χ4v) is 1.84. The minimum absolute atomic E-state index is 0.480. The third kappa shape index (κ3) is 4.63. The average molecular weight is 185 g/mol. The van der Waals surface area contributed by atoms with Crippen LogP contribution in [0.4, 0.5) is 0 Å². The van der Waals surface area contributed by atoms with Crippen molar-refractivity contribution >= 4 is 0 Å². The van der Waals surface area contributed by atoms with Gasteiger partial charge in [0, 0.05) is 19.2 Å². The van der Waals surface area contributed by atoms with E-state index in [0.717, 1.165) is 13.2 Å². The summed E-state index contributed by atoms with van der Waals surface area (Å²) in [6, 6.07) is 0.649. The van der Waals surface area contributed by atoms with Crippen LogP contribution in [0.5, 0.6) is 0 Å². The van der Waals surface area contributed by atoms with Gasteiger partial charge in [0.05, 0.1) is 6.10 Å². The summed E-state index contributed by atoms with van der Waals surface area (Å²) in [6.45, 7) is 6.50. The highest BCUT2D eigenvalue weighted by Crippen LogP contribution is 2.11. The summed E-state index contributed by atoms with van der Waals surface area (Å²) in [4.78, 5) is 0. The summed E-state index contributed by atoms with van der Waals surface area (Å²) >= 11 is 0. The van der Waals surface area contributed by atoms with Gasteiger partial charge in [0.25, 0.3) is 0 Å². The van der Waals surface area contributed by atoms with Crippen LogP contribution in [-0.2, 0) is 4.74 Å². The smallest absolute Gasteiger partial charge is 0.0699 e. The molecule has 2 unspecified atom stereocenters. The first kappa shape index (κ1) is 11.0. The standard InChI is InChI=1S/C11H23NO/c1-3-6-10(2)12-9-11-7-4-5-8-13-11/h10-12H,3-9H2,1-2H3. The number of hydrogen-bond acceptors (Lipinski definition) is 2. The lowest BCUT2D eigenvalue weighted by Gasteiger charge is -2.24. The minimum Gasteiger partial charge on any atom is -0.377 e. The van der Waals surface area contributed by atoms with E-state index < -0.39 is 0 Å². The minimum atomic E-state index is 0.480. The van der Waals surface area contributed by atoms with Crippen molar-refractivity contribution in [3.05, 3.63) is 0 Å². The molecule has 0 aromatic rings. The third-order valence-electron chi connectivity index (χ3n) is 2.69. The molecule has 0 spiro atoms. The molecule has 78 valence electrons. The van der Waals surface area contributed by atoms with Gasteiger partial charge in [-0.2, -0.15) is 0 Å². The van der Waals surface area contributed by atoms with Gasteiger partial charge < -0.3 is 10.1 Å². The number of rotatable bonds is 5. The van der Waals surface area contributed by atoms with Gasteiger partial charge in [0.15, 0.2) is 0 Å². The molecule has 1 aliphatic heterocycles. The molecule has 2 heteroatoms. The van der Waals surface area contributed by atoms with Crippen molar-refractivity contribution in [2.45, 2.75) is 58.1 Å². The molecule has 13 heavy (non-hydrogen) atoms. The van der Waals surface area contributed by atoms with E-state index in [1.165, 1.54) is 32.1 Å². The van der Waals surface area contributed by atoms with E-state index in [0.29, 0.717) is 12.1 Å². The molecule has 1 rings (SSSR count). The Bertz CT molecular complexity index is 121. The Morgan fingerprint density at radius 3 is 2.92 bits per heavy atom. The van der Waals surface area contributed by atoms with Crippen LogP contribution in [0.1, 0.15) is 46.0 Å². The Labute approximate surface area is 82.0 Å². The van der Waals surface area contributed by atoms with Crippen LogP contribution >= 0.6 is 0 Å². The molecule has 2 atom stereocenters. The van der Waals surface area contributed by atoms with Crippen molar-refractivity contribution < 1.29 is 4.74 Å². The zero-order valence-electron chi connectivity index (χ0n) is 9.01. The van der Waals surface area contributed by atoms with Gasteiger partial charge in [-0.15, -0.1) is 0 Å². The molecule has 0 bridgehead atoms. The van der Waals surface area contributed by atoms with Crippen molar-refractivity contribution in [3.8, 4) is 0 Å². The van der Waals surface area contributed by atoms with Crippen molar-refractivity contribution in [1.29, 1.82) is 0 Å². The van der Waals surface area contributed by atoms with Gasteiger partial charge >= 0.3 is 0 Å². The zero-order chi connectivity index (χ0) is 9.52. The van der Waals surface area contributed by atoms with Crippen LogP contribution in [0.25, 0.3) is 0 Å². The van der Waals surface area contributed by atoms with E-state index in [1.54, 1.807) is 0 Å². The molecule has 1 saturated heterocycles. The predicted molar refractivity (Wildman–Crippen MR) is 56.0 cm³/mol. The molecule has 0 aromatic heterocycles. The molecular weight excluding hydrogens is 162 g/mol. The molecule has 1 aliphatic rings. The third-order valence-corrected chi connectivity index (χ3v) is 2.69. The maximum atomic E-state index is 5.64. The largest absolute Gasteiger partial charge is 0.377 e. The Morgan fingerprint density at radius 2 is 2.31 bits per heavy atom. The monoisotopic (exact) mass is 185 g/mol. The first-order chi connectivity index (χ1) is 6.33. The second-order valence-electron chi connectivity index (χ2n) is 4.09. The lowest BCUT2D eigenvalue weighted by molar-refractivity contribution is 0.0155. The van der Waals surface area contributed by atoms with Gasteiger partial charge in [0.1, 0.15) is 0 Å². The summed E-state index contributed by atoms with van der Waals surface area (Å²) in [7, 11) is 0. The second-order valence-corrected chi connectivity index (χ2v) is 4.09. The summed E-state index contributed by atoms with van der Waals surface area (Å²) < 4.78 is 5.64. The topological polar surface area (TPSA) is 21.3 Å². The fraction of sp³-hybridized carbons (Fsp3) is 1.00. The highest BCUT2D eigenvalue weighted by Gasteiger charge is 2.13. The van der Waals surface area contributed by atoms with Crippen LogP contribution in [0.3, 0.4) is 0 Å². The molecule has 0 radical (unpaired) electrons. The van der Waals surface area contributed by atoms with E-state index in [9.17, 15) is 0 Å². The average Bonchev–Trinajstić information content (AvgIpc) is 2.17. The Balaban J connectivity index is 2.03. The molecule has 1 N–H and O–H groups in total. The van der Waals surface area contributed by atoms with E-state index in [2.05, 4.69) is 19.2 Å². The first-order valence-corrected chi connectivity index (χ1v) is 5.68. The maximum absolute atomic E-state index is 5.64. The Morgan fingerprint density at radius 1 is 1.46 bits per heavy atom. The highest BCUT2D eigenvalue weighted by molar-refractivity contribution is 4.69.